The molecule has 1 spiro atoms. The van der Waals surface area contributed by atoms with E-state index in [2.05, 4.69) is 12.2 Å². The van der Waals surface area contributed by atoms with Crippen LogP contribution in [0.1, 0.15) is 45.4 Å². The summed E-state index contributed by atoms with van der Waals surface area (Å²) in [6, 6.07) is 0.744. The second-order valence-corrected chi connectivity index (χ2v) is 6.74. The van der Waals surface area contributed by atoms with Gasteiger partial charge in [-0.25, -0.2) is 0 Å². The van der Waals surface area contributed by atoms with Crippen LogP contribution in [-0.2, 0) is 0 Å². The molecule has 2 unspecified atom stereocenters. The first-order valence-electron chi connectivity index (χ1n) is 6.75. The van der Waals surface area contributed by atoms with Crippen molar-refractivity contribution >= 4 is 16.9 Å². The van der Waals surface area contributed by atoms with Crippen LogP contribution in [-0.4, -0.2) is 23.5 Å². The molecule has 0 amide bonds. The van der Waals surface area contributed by atoms with Crippen molar-refractivity contribution in [2.75, 3.05) is 12.3 Å². The normalized spacial score (nSPS) is 36.2. The molecule has 2 fully saturated rings. The average molecular weight is 238 g/mol. The molecule has 0 aromatic carbocycles. The fourth-order valence-corrected chi connectivity index (χ4v) is 4.31. The van der Waals surface area contributed by atoms with E-state index in [-0.39, 0.29) is 0 Å². The van der Waals surface area contributed by atoms with Crippen LogP contribution in [0.15, 0.2) is 4.99 Å². The first-order valence-corrected chi connectivity index (χ1v) is 7.74. The Balaban J connectivity index is 1.53. The van der Waals surface area contributed by atoms with Gasteiger partial charge in [-0.15, -0.1) is 0 Å². The Hall–Kier alpha value is -0.180. The zero-order chi connectivity index (χ0) is 11.0. The Kier molecular flexibility index (Phi) is 2.90. The molecular formula is C13H22N2S. The van der Waals surface area contributed by atoms with E-state index >= 15 is 0 Å². The smallest absolute Gasteiger partial charge is 0.156 e. The quantitative estimate of drug-likeness (QED) is 0.799. The van der Waals surface area contributed by atoms with Gasteiger partial charge in [-0.1, -0.05) is 37.9 Å². The van der Waals surface area contributed by atoms with Crippen LogP contribution < -0.4 is 5.32 Å². The minimum absolute atomic E-state index is 0.587. The molecular weight excluding hydrogens is 216 g/mol. The first kappa shape index (κ1) is 10.9. The first-order chi connectivity index (χ1) is 7.81. The van der Waals surface area contributed by atoms with E-state index in [0.717, 1.165) is 18.5 Å². The van der Waals surface area contributed by atoms with Crippen LogP contribution in [0.3, 0.4) is 0 Å². The van der Waals surface area contributed by atoms with Crippen LogP contribution >= 0.6 is 11.8 Å². The molecule has 2 nitrogen and oxygen atoms in total. The third-order valence-electron chi connectivity index (χ3n) is 4.49. The van der Waals surface area contributed by atoms with Gasteiger partial charge in [-0.2, -0.15) is 0 Å². The van der Waals surface area contributed by atoms with Gasteiger partial charge in [0.2, 0.25) is 0 Å². The lowest BCUT2D eigenvalue weighted by molar-refractivity contribution is 0.358. The van der Waals surface area contributed by atoms with E-state index in [9.17, 15) is 0 Å². The average Bonchev–Trinajstić information content (AvgIpc) is 2.92. The second kappa shape index (κ2) is 4.25. The minimum Gasteiger partial charge on any atom is -0.362 e. The number of hydrogen-bond donors (Lipinski definition) is 1. The summed E-state index contributed by atoms with van der Waals surface area (Å²) < 4.78 is 0. The Morgan fingerprint density at radius 1 is 1.44 bits per heavy atom. The summed E-state index contributed by atoms with van der Waals surface area (Å²) >= 11 is 1.98. The van der Waals surface area contributed by atoms with Crippen LogP contribution in [0.25, 0.3) is 0 Å². The maximum atomic E-state index is 4.78. The van der Waals surface area contributed by atoms with Crippen LogP contribution in [0, 0.1) is 11.3 Å². The molecule has 2 saturated carbocycles. The van der Waals surface area contributed by atoms with Gasteiger partial charge in [0, 0.05) is 18.3 Å². The molecule has 0 aromatic rings. The van der Waals surface area contributed by atoms with Crippen LogP contribution in [0.5, 0.6) is 0 Å². The predicted molar refractivity (Wildman–Crippen MR) is 71.0 cm³/mol. The van der Waals surface area contributed by atoms with Crippen LogP contribution in [0.4, 0.5) is 0 Å². The molecule has 90 valence electrons. The minimum atomic E-state index is 0.587. The van der Waals surface area contributed by atoms with E-state index in [4.69, 9.17) is 4.99 Å². The molecule has 1 N–H and O–H groups in total. The summed E-state index contributed by atoms with van der Waals surface area (Å²) in [5.41, 5.74) is 0.587. The van der Waals surface area contributed by atoms with Gasteiger partial charge in [0.1, 0.15) is 0 Å². The predicted octanol–water partition coefficient (Wildman–Crippen LogP) is 3.04. The van der Waals surface area contributed by atoms with Crippen molar-refractivity contribution in [3.63, 3.8) is 0 Å². The lowest BCUT2D eigenvalue weighted by Gasteiger charge is -2.31. The van der Waals surface area contributed by atoms with Crippen molar-refractivity contribution in [1.29, 1.82) is 0 Å². The number of hydrogen-bond acceptors (Lipinski definition) is 3. The third-order valence-corrected chi connectivity index (χ3v) is 5.77. The summed E-state index contributed by atoms with van der Waals surface area (Å²) in [5, 5.41) is 4.85. The number of nitrogens with one attached hydrogen (secondary N) is 1. The van der Waals surface area contributed by atoms with Crippen molar-refractivity contribution < 1.29 is 0 Å². The Morgan fingerprint density at radius 2 is 2.25 bits per heavy atom. The number of rotatable bonds is 2. The van der Waals surface area contributed by atoms with E-state index < -0.39 is 0 Å². The largest absolute Gasteiger partial charge is 0.362 e. The van der Waals surface area contributed by atoms with E-state index in [1.54, 1.807) is 0 Å². The Bertz CT molecular complexity index is 294. The molecule has 0 bridgehead atoms. The van der Waals surface area contributed by atoms with Crippen molar-refractivity contribution in [3.8, 4) is 0 Å². The van der Waals surface area contributed by atoms with Gasteiger partial charge in [-0.3, -0.25) is 4.99 Å². The van der Waals surface area contributed by atoms with Gasteiger partial charge in [0.15, 0.2) is 5.17 Å². The van der Waals surface area contributed by atoms with Crippen molar-refractivity contribution in [3.05, 3.63) is 0 Å². The highest BCUT2D eigenvalue weighted by Gasteiger charge is 2.39. The maximum Gasteiger partial charge on any atom is 0.156 e. The molecule has 2 aliphatic carbocycles. The number of amidine groups is 1. The van der Waals surface area contributed by atoms with Crippen molar-refractivity contribution in [2.45, 2.75) is 51.5 Å². The van der Waals surface area contributed by atoms with Gasteiger partial charge in [0.05, 0.1) is 0 Å². The van der Waals surface area contributed by atoms with E-state index in [1.165, 1.54) is 49.4 Å². The Labute approximate surface area is 103 Å². The highest BCUT2D eigenvalue weighted by Crippen LogP contribution is 2.43. The topological polar surface area (TPSA) is 24.4 Å². The summed E-state index contributed by atoms with van der Waals surface area (Å²) in [4.78, 5) is 4.78. The lowest BCUT2D eigenvalue weighted by atomic mass is 9.89. The Morgan fingerprint density at radius 3 is 2.81 bits per heavy atom. The second-order valence-electron chi connectivity index (χ2n) is 5.77. The number of aliphatic imine (C=N–C) groups is 1. The molecule has 3 rings (SSSR count). The van der Waals surface area contributed by atoms with Crippen molar-refractivity contribution in [2.24, 2.45) is 16.3 Å². The standard InChI is InChI=1S/C13H22N2S/c1-2-10-7-11(10)15-12-14-8-13(9-16-12)5-3-4-6-13/h10-11H,2-9H2,1H3,(H,14,15). The van der Waals surface area contributed by atoms with Crippen LogP contribution in [0.2, 0.25) is 0 Å². The molecule has 2 atom stereocenters. The van der Waals surface area contributed by atoms with E-state index in [1.807, 2.05) is 11.8 Å². The van der Waals surface area contributed by atoms with E-state index in [0.29, 0.717) is 5.41 Å². The number of thioether (sulfide) groups is 1. The molecule has 1 heterocycles. The lowest BCUT2D eigenvalue weighted by Crippen LogP contribution is -2.34. The number of nitrogens with zero attached hydrogens (tertiary/aromatic N) is 1. The molecule has 0 aromatic heterocycles. The maximum absolute atomic E-state index is 4.78. The van der Waals surface area contributed by atoms with Gasteiger partial charge in [0.25, 0.3) is 0 Å². The molecule has 0 saturated heterocycles. The highest BCUT2D eigenvalue weighted by molar-refractivity contribution is 8.13. The highest BCUT2D eigenvalue weighted by atomic mass is 32.2. The zero-order valence-electron chi connectivity index (χ0n) is 10.2. The molecule has 0 radical (unpaired) electrons. The fraction of sp³-hybridized carbons (Fsp3) is 0.923. The van der Waals surface area contributed by atoms with Crippen molar-refractivity contribution in [1.82, 2.24) is 5.32 Å². The summed E-state index contributed by atoms with van der Waals surface area (Å²) in [6.07, 6.45) is 8.37. The SMILES string of the molecule is CCC1CC1NC1=NCC2(CCCC2)CS1. The molecule has 3 heteroatoms. The van der Waals surface area contributed by atoms with Gasteiger partial charge in [-0.05, 0) is 30.6 Å². The summed E-state index contributed by atoms with van der Waals surface area (Å²) in [6.45, 7) is 3.38. The molecule has 1 aliphatic heterocycles. The fourth-order valence-electron chi connectivity index (χ4n) is 3.10. The molecule has 16 heavy (non-hydrogen) atoms. The molecule has 3 aliphatic rings. The summed E-state index contributed by atoms with van der Waals surface area (Å²) in [7, 11) is 0. The zero-order valence-corrected chi connectivity index (χ0v) is 11.0. The monoisotopic (exact) mass is 238 g/mol. The van der Waals surface area contributed by atoms with Gasteiger partial charge >= 0.3 is 0 Å². The third kappa shape index (κ3) is 2.11. The van der Waals surface area contributed by atoms with Gasteiger partial charge < -0.3 is 5.32 Å². The summed E-state index contributed by atoms with van der Waals surface area (Å²) in [5.74, 6) is 2.23.